The number of carbonyl (C=O) groups excluding carboxylic acids is 2. The average molecular weight is 366 g/mol. The molecule has 1 aromatic carbocycles. The van der Waals surface area contributed by atoms with Crippen molar-refractivity contribution >= 4 is 21.7 Å². The lowest BCUT2D eigenvalue weighted by atomic mass is 10.0. The minimum absolute atomic E-state index is 0.00783. The Hall–Kier alpha value is -1.89. The third kappa shape index (κ3) is 5.56. The van der Waals surface area contributed by atoms with Gasteiger partial charge in [0.25, 0.3) is 0 Å². The molecule has 7 heteroatoms. The maximum Gasteiger partial charge on any atom is 0.244 e. The fraction of sp³-hybridized carbons (Fsp3) is 0.556. The molecule has 1 unspecified atom stereocenters. The van der Waals surface area contributed by atoms with E-state index in [-0.39, 0.29) is 36.4 Å². The monoisotopic (exact) mass is 366 g/mol. The van der Waals surface area contributed by atoms with Gasteiger partial charge >= 0.3 is 0 Å². The predicted octanol–water partition coefficient (Wildman–Crippen LogP) is 0.998. The van der Waals surface area contributed by atoms with Gasteiger partial charge in [0.15, 0.2) is 9.84 Å². The van der Waals surface area contributed by atoms with Crippen molar-refractivity contribution in [3.63, 3.8) is 0 Å². The third-order valence-electron chi connectivity index (χ3n) is 4.52. The fourth-order valence-electron chi connectivity index (χ4n) is 2.96. The number of aryl methyl sites for hydroxylation is 3. The van der Waals surface area contributed by atoms with Crippen LogP contribution in [0, 0.1) is 13.8 Å². The Morgan fingerprint density at radius 2 is 1.84 bits per heavy atom. The molecule has 1 atom stereocenters. The molecule has 1 saturated heterocycles. The zero-order valence-corrected chi connectivity index (χ0v) is 15.9. The molecule has 0 saturated carbocycles. The number of nitrogens with zero attached hydrogens (tertiary/aromatic N) is 1. The quantitative estimate of drug-likeness (QED) is 0.843. The molecule has 0 bridgehead atoms. The van der Waals surface area contributed by atoms with E-state index in [0.717, 1.165) is 11.1 Å². The summed E-state index contributed by atoms with van der Waals surface area (Å²) in [6.45, 7) is 6.09. The second-order valence-electron chi connectivity index (χ2n) is 6.70. The maximum absolute atomic E-state index is 12.3. The van der Waals surface area contributed by atoms with Gasteiger partial charge in [-0.1, -0.05) is 23.8 Å². The minimum atomic E-state index is -3.03. The Bertz CT molecular complexity index is 744. The Kier molecular flexibility index (Phi) is 6.21. The maximum atomic E-state index is 12.3. The molecule has 0 aromatic heterocycles. The van der Waals surface area contributed by atoms with Crippen LogP contribution in [0.1, 0.15) is 30.0 Å². The van der Waals surface area contributed by atoms with Crippen molar-refractivity contribution in [2.24, 2.45) is 0 Å². The number of benzene rings is 1. The first-order valence-corrected chi connectivity index (χ1v) is 10.3. The van der Waals surface area contributed by atoms with E-state index in [0.29, 0.717) is 12.8 Å². The molecule has 1 heterocycles. The number of rotatable bonds is 5. The second-order valence-corrected chi connectivity index (χ2v) is 9.00. The van der Waals surface area contributed by atoms with Crippen LogP contribution in [0.3, 0.4) is 0 Å². The van der Waals surface area contributed by atoms with Gasteiger partial charge in [-0.15, -0.1) is 0 Å². The molecule has 0 radical (unpaired) electrons. The van der Waals surface area contributed by atoms with Gasteiger partial charge in [0, 0.05) is 19.5 Å². The van der Waals surface area contributed by atoms with Crippen molar-refractivity contribution in [3.8, 4) is 0 Å². The van der Waals surface area contributed by atoms with Crippen LogP contribution in [0.4, 0.5) is 0 Å². The molecule has 0 aliphatic carbocycles. The highest BCUT2D eigenvalue weighted by atomic mass is 32.2. The van der Waals surface area contributed by atoms with Gasteiger partial charge in [0.1, 0.15) is 6.04 Å². The average Bonchev–Trinajstić information content (AvgIpc) is 2.53. The van der Waals surface area contributed by atoms with Crippen LogP contribution >= 0.6 is 0 Å². The highest BCUT2D eigenvalue weighted by molar-refractivity contribution is 7.91. The first-order chi connectivity index (χ1) is 11.7. The van der Waals surface area contributed by atoms with Crippen LogP contribution in [0.5, 0.6) is 0 Å². The number of amides is 2. The smallest absolute Gasteiger partial charge is 0.244 e. The molecule has 1 aromatic rings. The SMILES string of the molecule is Cc1ccc(CCC(=O)NC(C)C(=O)N2CCS(=O)(=O)CC2)c(C)c1. The molecular weight excluding hydrogens is 340 g/mol. The molecule has 1 N–H and O–H groups in total. The summed E-state index contributed by atoms with van der Waals surface area (Å²) in [6, 6.07) is 5.49. The van der Waals surface area contributed by atoms with Crippen molar-refractivity contribution < 1.29 is 18.0 Å². The molecule has 2 rings (SSSR count). The lowest BCUT2D eigenvalue weighted by Gasteiger charge is -2.29. The zero-order chi connectivity index (χ0) is 18.6. The van der Waals surface area contributed by atoms with Crippen molar-refractivity contribution in [1.82, 2.24) is 10.2 Å². The Morgan fingerprint density at radius 3 is 2.44 bits per heavy atom. The Balaban J connectivity index is 1.82. The van der Waals surface area contributed by atoms with E-state index in [1.54, 1.807) is 6.92 Å². The van der Waals surface area contributed by atoms with Gasteiger partial charge in [-0.25, -0.2) is 8.42 Å². The van der Waals surface area contributed by atoms with E-state index in [4.69, 9.17) is 0 Å². The van der Waals surface area contributed by atoms with Crippen molar-refractivity contribution in [2.75, 3.05) is 24.6 Å². The van der Waals surface area contributed by atoms with Gasteiger partial charge in [0.05, 0.1) is 11.5 Å². The molecule has 1 aliphatic heterocycles. The standard InChI is InChI=1S/C18H26N2O4S/c1-13-4-5-16(14(2)12-13)6-7-17(21)19-15(3)18(22)20-8-10-25(23,24)11-9-20/h4-5,12,15H,6-11H2,1-3H3,(H,19,21). The first kappa shape index (κ1) is 19.4. The highest BCUT2D eigenvalue weighted by Gasteiger charge is 2.28. The van der Waals surface area contributed by atoms with Gasteiger partial charge in [-0.2, -0.15) is 0 Å². The van der Waals surface area contributed by atoms with E-state index < -0.39 is 15.9 Å². The fourth-order valence-corrected chi connectivity index (χ4v) is 4.16. The van der Waals surface area contributed by atoms with Crippen molar-refractivity contribution in [1.29, 1.82) is 0 Å². The summed E-state index contributed by atoms with van der Waals surface area (Å²) in [5.41, 5.74) is 3.47. The predicted molar refractivity (Wildman–Crippen MR) is 97.1 cm³/mol. The zero-order valence-electron chi connectivity index (χ0n) is 15.0. The second kappa shape index (κ2) is 7.99. The van der Waals surface area contributed by atoms with Crippen LogP contribution in [-0.4, -0.2) is 55.8 Å². The molecule has 0 spiro atoms. The van der Waals surface area contributed by atoms with Crippen molar-refractivity contribution in [3.05, 3.63) is 34.9 Å². The van der Waals surface area contributed by atoms with E-state index in [1.807, 2.05) is 26.0 Å². The van der Waals surface area contributed by atoms with Gasteiger partial charge in [0.2, 0.25) is 11.8 Å². The Labute approximate surface area is 149 Å². The van der Waals surface area contributed by atoms with Crippen LogP contribution in [0.15, 0.2) is 18.2 Å². The van der Waals surface area contributed by atoms with Gasteiger partial charge in [-0.05, 0) is 38.3 Å². The van der Waals surface area contributed by atoms with Crippen molar-refractivity contribution in [2.45, 2.75) is 39.7 Å². The highest BCUT2D eigenvalue weighted by Crippen LogP contribution is 2.12. The minimum Gasteiger partial charge on any atom is -0.345 e. The number of hydrogen-bond acceptors (Lipinski definition) is 4. The summed E-state index contributed by atoms with van der Waals surface area (Å²) in [5, 5.41) is 2.72. The van der Waals surface area contributed by atoms with Crippen LogP contribution in [-0.2, 0) is 25.8 Å². The van der Waals surface area contributed by atoms with E-state index in [9.17, 15) is 18.0 Å². The first-order valence-electron chi connectivity index (χ1n) is 8.52. The lowest BCUT2D eigenvalue weighted by molar-refractivity contribution is -0.135. The number of sulfone groups is 1. The third-order valence-corrected chi connectivity index (χ3v) is 6.13. The molecule has 6 nitrogen and oxygen atoms in total. The molecule has 138 valence electrons. The van der Waals surface area contributed by atoms with E-state index >= 15 is 0 Å². The number of nitrogens with one attached hydrogen (secondary N) is 1. The summed E-state index contributed by atoms with van der Waals surface area (Å²) < 4.78 is 22.9. The summed E-state index contributed by atoms with van der Waals surface area (Å²) in [7, 11) is -3.03. The van der Waals surface area contributed by atoms with Crippen LogP contribution < -0.4 is 5.32 Å². The van der Waals surface area contributed by atoms with Crippen LogP contribution in [0.2, 0.25) is 0 Å². The van der Waals surface area contributed by atoms with Gasteiger partial charge in [-0.3, -0.25) is 9.59 Å². The summed E-state index contributed by atoms with van der Waals surface area (Å²) in [5.74, 6) is -0.418. The molecule has 25 heavy (non-hydrogen) atoms. The van der Waals surface area contributed by atoms with Gasteiger partial charge < -0.3 is 10.2 Å². The van der Waals surface area contributed by atoms with E-state index in [2.05, 4.69) is 11.4 Å². The molecule has 1 aliphatic rings. The topological polar surface area (TPSA) is 83.6 Å². The number of hydrogen-bond donors (Lipinski definition) is 1. The normalized spacial score (nSPS) is 17.8. The molecule has 1 fully saturated rings. The van der Waals surface area contributed by atoms with E-state index in [1.165, 1.54) is 10.5 Å². The van der Waals surface area contributed by atoms with Crippen LogP contribution in [0.25, 0.3) is 0 Å². The number of carbonyl (C=O) groups is 2. The summed E-state index contributed by atoms with van der Waals surface area (Å²) in [4.78, 5) is 26.0. The summed E-state index contributed by atoms with van der Waals surface area (Å²) >= 11 is 0. The summed E-state index contributed by atoms with van der Waals surface area (Å²) in [6.07, 6.45) is 0.941. The Morgan fingerprint density at radius 1 is 1.20 bits per heavy atom. The molecular formula is C18H26N2O4S. The largest absolute Gasteiger partial charge is 0.345 e. The molecule has 2 amide bonds. The lowest BCUT2D eigenvalue weighted by Crippen LogP contribution is -2.51.